The van der Waals surface area contributed by atoms with E-state index >= 15 is 0 Å². The zero-order chi connectivity index (χ0) is 25.7. The fourth-order valence-electron chi connectivity index (χ4n) is 6.74. The molecule has 0 aromatic heterocycles. The maximum atomic E-state index is 8.59. The van der Waals surface area contributed by atoms with Crippen molar-refractivity contribution in [2.75, 3.05) is 0 Å². The summed E-state index contributed by atoms with van der Waals surface area (Å²) in [6, 6.07) is -1.00. The lowest BCUT2D eigenvalue weighted by Gasteiger charge is -2.46. The molecule has 0 amide bonds. The number of rotatable bonds is 0. The van der Waals surface area contributed by atoms with Gasteiger partial charge in [0.05, 0.1) is 23.5 Å². The molecule has 5 aliphatic rings. The van der Waals surface area contributed by atoms with Gasteiger partial charge in [-0.1, -0.05) is 0 Å². The minimum Gasteiger partial charge on any atom is -0.401 e. The Balaban J connectivity index is 1.46. The molecule has 2 saturated carbocycles. The van der Waals surface area contributed by atoms with E-state index in [9.17, 15) is 0 Å². The first-order valence-electron chi connectivity index (χ1n) is 13.3. The van der Waals surface area contributed by atoms with Crippen LogP contribution in [0, 0.1) is 10.8 Å². The van der Waals surface area contributed by atoms with Gasteiger partial charge < -0.3 is 66.5 Å². The van der Waals surface area contributed by atoms with E-state index in [2.05, 4.69) is 21.3 Å². The second kappa shape index (κ2) is 10.1. The average Bonchev–Trinajstić information content (AvgIpc) is 2.79. The highest BCUT2D eigenvalue weighted by molar-refractivity contribution is 5.99. The molecule has 8 bridgehead atoms. The smallest absolute Gasteiger partial charge is 0.0510 e. The lowest BCUT2D eigenvalue weighted by Crippen LogP contribution is -2.67. The molecule has 1 heterocycles. The topological polar surface area (TPSA) is 252 Å². The van der Waals surface area contributed by atoms with Crippen LogP contribution in [-0.4, -0.2) is 83.9 Å². The van der Waals surface area contributed by atoms with Gasteiger partial charge in [0.2, 0.25) is 0 Å². The molecule has 1 aliphatic heterocycles. The van der Waals surface area contributed by atoms with Gasteiger partial charge in [-0.05, 0) is 50.7 Å². The van der Waals surface area contributed by atoms with E-state index < -0.39 is 0 Å². The summed E-state index contributed by atoms with van der Waals surface area (Å²) in [6.45, 7) is 0. The number of nitrogens with two attached hydrogens (primary N) is 6. The van der Waals surface area contributed by atoms with Crippen molar-refractivity contribution in [2.24, 2.45) is 34.4 Å². The van der Waals surface area contributed by atoms with Gasteiger partial charge in [0.15, 0.2) is 0 Å². The zero-order valence-corrected chi connectivity index (χ0v) is 20.8. The number of hydrogen-bond acceptors (Lipinski definition) is 12. The van der Waals surface area contributed by atoms with E-state index in [1.54, 1.807) is 12.2 Å². The monoisotopic (exact) mass is 500 g/mol. The quantitative estimate of drug-likeness (QED) is 0.158. The van der Waals surface area contributed by atoms with Crippen LogP contribution in [0.5, 0.6) is 0 Å². The van der Waals surface area contributed by atoms with Crippen LogP contribution in [0.2, 0.25) is 0 Å². The van der Waals surface area contributed by atoms with Crippen molar-refractivity contribution in [3.05, 3.63) is 23.5 Å². The predicted molar refractivity (Wildman–Crippen MR) is 142 cm³/mol. The van der Waals surface area contributed by atoms with Gasteiger partial charge in [0.1, 0.15) is 0 Å². The van der Waals surface area contributed by atoms with E-state index in [4.69, 9.17) is 45.2 Å². The molecule has 1 saturated heterocycles. The minimum absolute atomic E-state index is 0.0134. The van der Waals surface area contributed by atoms with Crippen molar-refractivity contribution >= 4 is 11.4 Å². The highest BCUT2D eigenvalue weighted by Crippen LogP contribution is 2.26. The van der Waals surface area contributed by atoms with E-state index in [0.717, 1.165) is 6.42 Å². The largest absolute Gasteiger partial charge is 0.401 e. The summed E-state index contributed by atoms with van der Waals surface area (Å²) < 4.78 is 0. The Morgan fingerprint density at radius 2 is 0.806 bits per heavy atom. The molecule has 12 nitrogen and oxygen atoms in total. The third-order valence-corrected chi connectivity index (χ3v) is 8.98. The Hall–Kier alpha value is -1.90. The summed E-state index contributed by atoms with van der Waals surface area (Å²) in [5, 5.41) is 31.9. The molecule has 0 aromatic rings. The fraction of sp³-hybridized carbons (Fsp3) is 0.750. The highest BCUT2D eigenvalue weighted by Gasteiger charge is 2.42. The summed E-state index contributed by atoms with van der Waals surface area (Å²) in [6.07, 6.45) is 7.58. The van der Waals surface area contributed by atoms with Crippen LogP contribution >= 0.6 is 0 Å². The van der Waals surface area contributed by atoms with Gasteiger partial charge in [-0.2, -0.15) is 0 Å². The summed E-state index contributed by atoms with van der Waals surface area (Å²) >= 11 is 0. The summed E-state index contributed by atoms with van der Waals surface area (Å²) in [5.41, 5.74) is 41.2. The molecular formula is C24H44N12. The van der Waals surface area contributed by atoms with Crippen molar-refractivity contribution < 1.29 is 0 Å². The van der Waals surface area contributed by atoms with Gasteiger partial charge in [-0.25, -0.2) is 0 Å². The standard InChI is InChI=1S/C24H44N12/c25-9-1-10(26)18-5-17(9)33-19-6-21(13(29)2-11(19)27)35-23-8-24(16(32)4-15(23)31)36-22-7-20(34-18)12(28)3-14(22)30/h1,4,11-14,17-25,31,33-36H,2-3,5-8,26-30,32H2. The molecule has 0 spiro atoms. The molecule has 0 radical (unpaired) electrons. The lowest BCUT2D eigenvalue weighted by atomic mass is 9.79. The second-order valence-corrected chi connectivity index (χ2v) is 11.6. The molecule has 12 atom stereocenters. The normalized spacial score (nSPS) is 48.1. The SMILES string of the molecule is N=C1C=C(N)C2CC1NC1CC(NC3CC(NC4CC(N2)C(N)CC4N)C(N)=CC3=N)C(N)CC1N. The van der Waals surface area contributed by atoms with Crippen LogP contribution in [0.25, 0.3) is 0 Å². The van der Waals surface area contributed by atoms with E-state index in [1.807, 2.05) is 0 Å². The van der Waals surface area contributed by atoms with Crippen molar-refractivity contribution in [2.45, 2.75) is 111 Å². The Kier molecular flexibility index (Phi) is 7.22. The third kappa shape index (κ3) is 5.09. The zero-order valence-electron chi connectivity index (χ0n) is 20.8. The minimum atomic E-state index is -0.176. The molecule has 4 aliphatic carbocycles. The Morgan fingerprint density at radius 3 is 1.14 bits per heavy atom. The lowest BCUT2D eigenvalue weighted by molar-refractivity contribution is 0.200. The number of fused-ring (bicyclic) bond motifs is 8. The molecule has 36 heavy (non-hydrogen) atoms. The van der Waals surface area contributed by atoms with Gasteiger partial charge in [0.25, 0.3) is 0 Å². The summed E-state index contributed by atoms with van der Waals surface area (Å²) in [5.74, 6) is 0. The van der Waals surface area contributed by atoms with Crippen LogP contribution in [0.4, 0.5) is 0 Å². The van der Waals surface area contributed by atoms with Crippen LogP contribution in [0.15, 0.2) is 23.5 Å². The molecule has 200 valence electrons. The molecule has 3 fully saturated rings. The number of nitrogens with one attached hydrogen (secondary N) is 6. The van der Waals surface area contributed by atoms with Crippen molar-refractivity contribution in [3.8, 4) is 0 Å². The van der Waals surface area contributed by atoms with Gasteiger partial charge in [-0.3, -0.25) is 0 Å². The van der Waals surface area contributed by atoms with Gasteiger partial charge in [0, 0.05) is 71.8 Å². The molecular weight excluding hydrogens is 456 g/mol. The molecule has 5 rings (SSSR count). The Labute approximate surface area is 212 Å². The highest BCUT2D eigenvalue weighted by atomic mass is 15.1. The Morgan fingerprint density at radius 1 is 0.500 bits per heavy atom. The van der Waals surface area contributed by atoms with E-state index in [1.165, 1.54) is 0 Å². The average molecular weight is 501 g/mol. The summed E-state index contributed by atoms with van der Waals surface area (Å²) in [7, 11) is 0. The molecule has 0 aromatic carbocycles. The van der Waals surface area contributed by atoms with Gasteiger partial charge in [-0.15, -0.1) is 0 Å². The third-order valence-electron chi connectivity index (χ3n) is 8.98. The van der Waals surface area contributed by atoms with Crippen molar-refractivity contribution in [1.29, 1.82) is 10.8 Å². The summed E-state index contributed by atoms with van der Waals surface area (Å²) in [4.78, 5) is 0. The van der Waals surface area contributed by atoms with E-state index in [0.29, 0.717) is 54.9 Å². The predicted octanol–water partition coefficient (Wildman–Crippen LogP) is -3.26. The molecule has 18 N–H and O–H groups in total. The van der Waals surface area contributed by atoms with Crippen LogP contribution in [0.1, 0.15) is 38.5 Å². The first-order valence-corrected chi connectivity index (χ1v) is 13.3. The first kappa shape index (κ1) is 25.7. The van der Waals surface area contributed by atoms with Crippen molar-refractivity contribution in [1.82, 2.24) is 21.3 Å². The number of hydrogen-bond donors (Lipinski definition) is 12. The van der Waals surface area contributed by atoms with Crippen LogP contribution < -0.4 is 55.7 Å². The van der Waals surface area contributed by atoms with Crippen LogP contribution in [-0.2, 0) is 0 Å². The second-order valence-electron chi connectivity index (χ2n) is 11.6. The van der Waals surface area contributed by atoms with Gasteiger partial charge >= 0.3 is 0 Å². The first-order chi connectivity index (χ1) is 17.1. The maximum Gasteiger partial charge on any atom is 0.0510 e. The van der Waals surface area contributed by atoms with Crippen LogP contribution in [0.3, 0.4) is 0 Å². The molecule has 12 unspecified atom stereocenters. The fourth-order valence-corrected chi connectivity index (χ4v) is 6.74. The molecule has 12 heteroatoms. The van der Waals surface area contributed by atoms with E-state index in [-0.39, 0.29) is 72.5 Å². The maximum absolute atomic E-state index is 8.59. The Bertz CT molecular complexity index is 862. The van der Waals surface area contributed by atoms with Crippen molar-refractivity contribution in [3.63, 3.8) is 0 Å².